The first-order valence-electron chi connectivity index (χ1n) is 8.15. The highest BCUT2D eigenvalue weighted by Gasteiger charge is 2.48. The van der Waals surface area contributed by atoms with E-state index < -0.39 is 0 Å². The van der Waals surface area contributed by atoms with Crippen molar-refractivity contribution in [3.63, 3.8) is 0 Å². The number of likely N-dealkylation sites (N-methyl/N-ethyl adjacent to an activating group) is 1. The number of hydrogen-bond donors (Lipinski definition) is 0. The molecule has 2 aromatic heterocycles. The molecule has 0 radical (unpaired) electrons. The summed E-state index contributed by atoms with van der Waals surface area (Å²) in [5, 5.41) is 4.07. The Labute approximate surface area is 145 Å². The molecule has 0 aliphatic carbocycles. The van der Waals surface area contributed by atoms with Crippen molar-refractivity contribution < 1.29 is 4.79 Å². The molecule has 4 rings (SSSR count). The summed E-state index contributed by atoms with van der Waals surface area (Å²) in [4.78, 5) is 27.8. The zero-order chi connectivity index (χ0) is 16.7. The number of hydrogen-bond acceptors (Lipinski definition) is 6. The lowest BCUT2D eigenvalue weighted by atomic mass is 9.93. The number of aromatic nitrogens is 2. The highest BCUT2D eigenvalue weighted by molar-refractivity contribution is 7.08. The molecule has 4 heterocycles. The van der Waals surface area contributed by atoms with Gasteiger partial charge < -0.3 is 9.80 Å². The Hall–Kier alpha value is -1.99. The Balaban J connectivity index is 1.58. The quantitative estimate of drug-likeness (QED) is 0.832. The fourth-order valence-electron chi connectivity index (χ4n) is 3.62. The summed E-state index contributed by atoms with van der Waals surface area (Å²) < 4.78 is 0. The van der Waals surface area contributed by atoms with Crippen LogP contribution in [0.5, 0.6) is 0 Å². The molecular weight excluding hydrogens is 322 g/mol. The molecule has 0 aromatic carbocycles. The Morgan fingerprint density at radius 1 is 1.25 bits per heavy atom. The van der Waals surface area contributed by atoms with E-state index in [2.05, 4.69) is 26.8 Å². The van der Waals surface area contributed by atoms with Crippen molar-refractivity contribution in [2.75, 3.05) is 43.0 Å². The summed E-state index contributed by atoms with van der Waals surface area (Å²) in [7, 11) is 2.06. The standard InChI is InChI=1S/C17H21N5OS/c1-13-7-18-16(19-8-13)21-5-4-17(11-21)12-22(14-3-6-24-10-14)15(23)9-20(17)2/h3,6-8,10H,4-5,9,11-12H2,1-2H3. The molecule has 126 valence electrons. The first-order valence-corrected chi connectivity index (χ1v) is 9.09. The van der Waals surface area contributed by atoms with E-state index in [0.29, 0.717) is 6.54 Å². The molecule has 24 heavy (non-hydrogen) atoms. The van der Waals surface area contributed by atoms with Gasteiger partial charge in [0.2, 0.25) is 11.9 Å². The van der Waals surface area contributed by atoms with Crippen LogP contribution in [0.3, 0.4) is 0 Å². The summed E-state index contributed by atoms with van der Waals surface area (Å²) in [5.74, 6) is 0.955. The minimum absolute atomic E-state index is 0.0376. The zero-order valence-electron chi connectivity index (χ0n) is 14.0. The van der Waals surface area contributed by atoms with Crippen LogP contribution in [-0.4, -0.2) is 59.5 Å². The summed E-state index contributed by atoms with van der Waals surface area (Å²) >= 11 is 1.63. The molecule has 2 aliphatic rings. The van der Waals surface area contributed by atoms with Crippen molar-refractivity contribution in [3.8, 4) is 0 Å². The van der Waals surface area contributed by atoms with Gasteiger partial charge in [0.05, 0.1) is 17.8 Å². The third kappa shape index (κ3) is 2.57. The largest absolute Gasteiger partial charge is 0.339 e. The molecule has 1 amide bonds. The average molecular weight is 343 g/mol. The molecule has 1 atom stereocenters. The average Bonchev–Trinajstić information content (AvgIpc) is 3.23. The summed E-state index contributed by atoms with van der Waals surface area (Å²) in [6.45, 7) is 4.94. The summed E-state index contributed by atoms with van der Waals surface area (Å²) in [5.41, 5.74) is 2.04. The Morgan fingerprint density at radius 2 is 2.04 bits per heavy atom. The van der Waals surface area contributed by atoms with Gasteiger partial charge in [-0.1, -0.05) is 0 Å². The summed E-state index contributed by atoms with van der Waals surface area (Å²) in [6, 6.07) is 2.03. The van der Waals surface area contributed by atoms with Gasteiger partial charge in [-0.15, -0.1) is 0 Å². The molecule has 1 spiro atoms. The predicted molar refractivity (Wildman–Crippen MR) is 95.6 cm³/mol. The third-order valence-electron chi connectivity index (χ3n) is 5.14. The number of thiophene rings is 1. The highest BCUT2D eigenvalue weighted by Crippen LogP contribution is 2.35. The zero-order valence-corrected chi connectivity index (χ0v) is 14.8. The molecular formula is C17H21N5OS. The van der Waals surface area contributed by atoms with E-state index in [1.54, 1.807) is 11.3 Å². The van der Waals surface area contributed by atoms with Crippen LogP contribution in [0.1, 0.15) is 12.0 Å². The summed E-state index contributed by atoms with van der Waals surface area (Å²) in [6.07, 6.45) is 4.73. The maximum absolute atomic E-state index is 12.5. The Bertz CT molecular complexity index is 732. The number of nitrogens with zero attached hydrogens (tertiary/aromatic N) is 5. The van der Waals surface area contributed by atoms with Crippen molar-refractivity contribution in [1.82, 2.24) is 14.9 Å². The Kier molecular flexibility index (Phi) is 3.77. The third-order valence-corrected chi connectivity index (χ3v) is 5.81. The van der Waals surface area contributed by atoms with Crippen LogP contribution in [0.25, 0.3) is 0 Å². The van der Waals surface area contributed by atoms with E-state index in [-0.39, 0.29) is 11.4 Å². The van der Waals surface area contributed by atoms with Crippen molar-refractivity contribution >= 4 is 28.9 Å². The molecule has 0 N–H and O–H groups in total. The SMILES string of the molecule is Cc1cnc(N2CCC3(C2)CN(c2ccsc2)C(=O)CN3C)nc1. The minimum atomic E-state index is -0.0376. The van der Waals surface area contributed by atoms with Gasteiger partial charge in [0.25, 0.3) is 0 Å². The topological polar surface area (TPSA) is 52.6 Å². The number of carbonyl (C=O) groups is 1. The van der Waals surface area contributed by atoms with Gasteiger partial charge in [-0.2, -0.15) is 11.3 Å². The van der Waals surface area contributed by atoms with Gasteiger partial charge in [-0.3, -0.25) is 9.69 Å². The van der Waals surface area contributed by atoms with E-state index in [4.69, 9.17) is 0 Å². The lowest BCUT2D eigenvalue weighted by Crippen LogP contribution is -2.64. The number of carbonyl (C=O) groups excluding carboxylic acids is 1. The minimum Gasteiger partial charge on any atom is -0.339 e. The number of aryl methyl sites for hydroxylation is 1. The van der Waals surface area contributed by atoms with Crippen LogP contribution >= 0.6 is 11.3 Å². The van der Waals surface area contributed by atoms with Crippen LogP contribution in [0.2, 0.25) is 0 Å². The van der Waals surface area contributed by atoms with E-state index in [0.717, 1.165) is 43.3 Å². The second-order valence-corrected chi connectivity index (χ2v) is 7.55. The van der Waals surface area contributed by atoms with Crippen LogP contribution in [0.4, 0.5) is 11.6 Å². The molecule has 7 heteroatoms. The molecule has 2 aliphatic heterocycles. The Morgan fingerprint density at radius 3 is 2.75 bits per heavy atom. The molecule has 2 aromatic rings. The second-order valence-electron chi connectivity index (χ2n) is 6.77. The highest BCUT2D eigenvalue weighted by atomic mass is 32.1. The van der Waals surface area contributed by atoms with Gasteiger partial charge in [0, 0.05) is 37.4 Å². The smallest absolute Gasteiger partial charge is 0.241 e. The first-order chi connectivity index (χ1) is 11.6. The predicted octanol–water partition coefficient (Wildman–Crippen LogP) is 1.77. The first kappa shape index (κ1) is 15.5. The van der Waals surface area contributed by atoms with Crippen molar-refractivity contribution in [1.29, 1.82) is 0 Å². The van der Waals surface area contributed by atoms with Crippen molar-refractivity contribution in [3.05, 3.63) is 34.8 Å². The maximum Gasteiger partial charge on any atom is 0.241 e. The monoisotopic (exact) mass is 343 g/mol. The van der Waals surface area contributed by atoms with E-state index in [1.165, 1.54) is 0 Å². The molecule has 0 saturated carbocycles. The van der Waals surface area contributed by atoms with Gasteiger partial charge in [0.1, 0.15) is 0 Å². The van der Waals surface area contributed by atoms with Gasteiger partial charge >= 0.3 is 0 Å². The van der Waals surface area contributed by atoms with Crippen molar-refractivity contribution in [2.45, 2.75) is 18.9 Å². The number of anilines is 2. The van der Waals surface area contributed by atoms with Gasteiger partial charge in [-0.25, -0.2) is 9.97 Å². The fraction of sp³-hybridized carbons (Fsp3) is 0.471. The molecule has 1 unspecified atom stereocenters. The van der Waals surface area contributed by atoms with Crippen molar-refractivity contribution in [2.24, 2.45) is 0 Å². The lowest BCUT2D eigenvalue weighted by molar-refractivity contribution is -0.123. The fourth-order valence-corrected chi connectivity index (χ4v) is 4.26. The number of piperazine rings is 1. The molecule has 0 bridgehead atoms. The van der Waals surface area contributed by atoms with Crippen LogP contribution < -0.4 is 9.80 Å². The van der Waals surface area contributed by atoms with E-state index >= 15 is 0 Å². The van der Waals surface area contributed by atoms with Gasteiger partial charge in [-0.05, 0) is 37.4 Å². The number of rotatable bonds is 2. The number of amides is 1. The molecule has 2 saturated heterocycles. The molecule has 6 nitrogen and oxygen atoms in total. The van der Waals surface area contributed by atoms with Crippen LogP contribution in [0, 0.1) is 6.92 Å². The van der Waals surface area contributed by atoms with Crippen LogP contribution in [-0.2, 0) is 4.79 Å². The van der Waals surface area contributed by atoms with Gasteiger partial charge in [0.15, 0.2) is 0 Å². The van der Waals surface area contributed by atoms with Crippen LogP contribution in [0.15, 0.2) is 29.2 Å². The lowest BCUT2D eigenvalue weighted by Gasteiger charge is -2.46. The normalized spacial score (nSPS) is 25.0. The molecule has 2 fully saturated rings. The van der Waals surface area contributed by atoms with E-state index in [1.807, 2.05) is 41.0 Å². The second kappa shape index (κ2) is 5.82. The maximum atomic E-state index is 12.5. The van der Waals surface area contributed by atoms with E-state index in [9.17, 15) is 4.79 Å².